The van der Waals surface area contributed by atoms with E-state index in [1.807, 2.05) is 30.3 Å². The van der Waals surface area contributed by atoms with Crippen LogP contribution in [0.4, 0.5) is 0 Å². The molecule has 1 aromatic heterocycles. The van der Waals surface area contributed by atoms with Gasteiger partial charge < -0.3 is 4.90 Å². The predicted molar refractivity (Wildman–Crippen MR) is 97.2 cm³/mol. The average molecular weight is 334 g/mol. The summed E-state index contributed by atoms with van der Waals surface area (Å²) in [6.45, 7) is 3.28. The first-order chi connectivity index (χ1) is 12.2. The van der Waals surface area contributed by atoms with Crippen molar-refractivity contribution in [1.82, 2.24) is 19.9 Å². The van der Waals surface area contributed by atoms with Crippen LogP contribution in [0.5, 0.6) is 0 Å². The van der Waals surface area contributed by atoms with Crippen molar-refractivity contribution in [2.45, 2.75) is 26.4 Å². The van der Waals surface area contributed by atoms with E-state index in [4.69, 9.17) is 0 Å². The Hall–Kier alpha value is -2.95. The highest BCUT2D eigenvalue weighted by Crippen LogP contribution is 2.10. The van der Waals surface area contributed by atoms with E-state index in [9.17, 15) is 4.79 Å². The Kier molecular flexibility index (Phi) is 5.23. The van der Waals surface area contributed by atoms with Gasteiger partial charge in [-0.1, -0.05) is 66.7 Å². The van der Waals surface area contributed by atoms with Crippen LogP contribution in [0, 0.1) is 0 Å². The Morgan fingerprint density at radius 2 is 1.68 bits per heavy atom. The second-order valence-corrected chi connectivity index (χ2v) is 6.12. The summed E-state index contributed by atoms with van der Waals surface area (Å²) in [5.74, 6) is -0.126. The SMILES string of the molecule is CCc1ccc(CN(C)C(=O)c2cn(Cc3ccccc3)nn2)cc1. The van der Waals surface area contributed by atoms with E-state index in [0.717, 1.165) is 17.5 Å². The molecule has 0 unspecified atom stereocenters. The number of aryl methyl sites for hydroxylation is 1. The highest BCUT2D eigenvalue weighted by molar-refractivity contribution is 5.91. The van der Waals surface area contributed by atoms with Gasteiger partial charge in [0.1, 0.15) is 0 Å². The average Bonchev–Trinajstić information content (AvgIpc) is 3.11. The van der Waals surface area contributed by atoms with Crippen molar-refractivity contribution >= 4 is 5.91 Å². The number of carbonyl (C=O) groups excluding carboxylic acids is 1. The van der Waals surface area contributed by atoms with Gasteiger partial charge in [-0.3, -0.25) is 4.79 Å². The van der Waals surface area contributed by atoms with E-state index >= 15 is 0 Å². The van der Waals surface area contributed by atoms with E-state index in [1.165, 1.54) is 5.56 Å². The number of carbonyl (C=O) groups is 1. The molecule has 2 aromatic carbocycles. The summed E-state index contributed by atoms with van der Waals surface area (Å²) < 4.78 is 1.69. The van der Waals surface area contributed by atoms with Crippen molar-refractivity contribution in [3.05, 3.63) is 83.2 Å². The van der Waals surface area contributed by atoms with Crippen molar-refractivity contribution in [3.8, 4) is 0 Å². The lowest BCUT2D eigenvalue weighted by molar-refractivity contribution is 0.0779. The number of amides is 1. The van der Waals surface area contributed by atoms with Crippen LogP contribution in [0.15, 0.2) is 60.8 Å². The molecule has 0 aliphatic carbocycles. The molecule has 0 atom stereocenters. The van der Waals surface area contributed by atoms with E-state index in [1.54, 1.807) is 22.8 Å². The standard InChI is InChI=1S/C20H22N4O/c1-3-16-9-11-18(12-10-16)13-23(2)20(25)19-15-24(22-21-19)14-17-7-5-4-6-8-17/h4-12,15H,3,13-14H2,1-2H3. The highest BCUT2D eigenvalue weighted by atomic mass is 16.2. The first-order valence-corrected chi connectivity index (χ1v) is 8.43. The van der Waals surface area contributed by atoms with Crippen LogP contribution in [0.3, 0.4) is 0 Å². The zero-order chi connectivity index (χ0) is 17.6. The molecule has 0 aliphatic rings. The lowest BCUT2D eigenvalue weighted by atomic mass is 10.1. The van der Waals surface area contributed by atoms with Gasteiger partial charge in [-0.2, -0.15) is 0 Å². The third-order valence-electron chi connectivity index (χ3n) is 4.14. The first kappa shape index (κ1) is 16.9. The maximum Gasteiger partial charge on any atom is 0.276 e. The van der Waals surface area contributed by atoms with E-state index < -0.39 is 0 Å². The molecule has 0 N–H and O–H groups in total. The third-order valence-corrected chi connectivity index (χ3v) is 4.14. The topological polar surface area (TPSA) is 51.0 Å². The van der Waals surface area contributed by atoms with Gasteiger partial charge in [-0.15, -0.1) is 5.10 Å². The molecule has 0 radical (unpaired) electrons. The molecule has 3 aromatic rings. The minimum Gasteiger partial charge on any atom is -0.336 e. The lowest BCUT2D eigenvalue weighted by Gasteiger charge is -2.15. The Labute approximate surface area is 147 Å². The summed E-state index contributed by atoms with van der Waals surface area (Å²) in [6.07, 6.45) is 2.71. The van der Waals surface area contributed by atoms with Crippen LogP contribution in [0.2, 0.25) is 0 Å². The van der Waals surface area contributed by atoms with Gasteiger partial charge in [0.05, 0.1) is 12.7 Å². The van der Waals surface area contributed by atoms with Crippen LogP contribution in [-0.4, -0.2) is 32.8 Å². The van der Waals surface area contributed by atoms with Gasteiger partial charge in [0.25, 0.3) is 5.91 Å². The van der Waals surface area contributed by atoms with Crippen LogP contribution in [-0.2, 0) is 19.5 Å². The van der Waals surface area contributed by atoms with Crippen LogP contribution in [0.25, 0.3) is 0 Å². The van der Waals surface area contributed by atoms with Crippen LogP contribution in [0.1, 0.15) is 34.1 Å². The molecule has 0 saturated carbocycles. The van der Waals surface area contributed by atoms with Gasteiger partial charge in [0.2, 0.25) is 0 Å². The van der Waals surface area contributed by atoms with Crippen molar-refractivity contribution in [3.63, 3.8) is 0 Å². The normalized spacial score (nSPS) is 10.6. The number of benzene rings is 2. The largest absolute Gasteiger partial charge is 0.336 e. The van der Waals surface area contributed by atoms with Gasteiger partial charge in [-0.05, 0) is 23.1 Å². The molecular formula is C20H22N4O. The highest BCUT2D eigenvalue weighted by Gasteiger charge is 2.16. The summed E-state index contributed by atoms with van der Waals surface area (Å²) in [5.41, 5.74) is 3.88. The van der Waals surface area contributed by atoms with Gasteiger partial charge in [0, 0.05) is 13.6 Å². The second-order valence-electron chi connectivity index (χ2n) is 6.12. The molecule has 0 aliphatic heterocycles. The molecule has 0 fully saturated rings. The number of nitrogens with zero attached hydrogens (tertiary/aromatic N) is 4. The third kappa shape index (κ3) is 4.32. The number of aromatic nitrogens is 3. The molecule has 5 nitrogen and oxygen atoms in total. The zero-order valence-corrected chi connectivity index (χ0v) is 14.6. The Balaban J connectivity index is 1.63. The fraction of sp³-hybridized carbons (Fsp3) is 0.250. The summed E-state index contributed by atoms with van der Waals surface area (Å²) in [5, 5.41) is 8.09. The summed E-state index contributed by atoms with van der Waals surface area (Å²) in [7, 11) is 1.78. The van der Waals surface area contributed by atoms with E-state index in [0.29, 0.717) is 18.8 Å². The fourth-order valence-electron chi connectivity index (χ4n) is 2.67. The van der Waals surface area contributed by atoms with Crippen LogP contribution < -0.4 is 0 Å². The van der Waals surface area contributed by atoms with Crippen molar-refractivity contribution in [1.29, 1.82) is 0 Å². The van der Waals surface area contributed by atoms with Crippen LogP contribution >= 0.6 is 0 Å². The maximum atomic E-state index is 12.5. The minimum absolute atomic E-state index is 0.126. The Morgan fingerprint density at radius 1 is 1.00 bits per heavy atom. The predicted octanol–water partition coefficient (Wildman–Crippen LogP) is 3.16. The molecule has 1 amide bonds. The van der Waals surface area contributed by atoms with Crippen molar-refractivity contribution in [2.75, 3.05) is 7.05 Å². The van der Waals surface area contributed by atoms with Gasteiger partial charge >= 0.3 is 0 Å². The molecule has 5 heteroatoms. The second kappa shape index (κ2) is 7.75. The van der Waals surface area contributed by atoms with Gasteiger partial charge in [0.15, 0.2) is 5.69 Å². The zero-order valence-electron chi connectivity index (χ0n) is 14.6. The Bertz CT molecular complexity index is 824. The van der Waals surface area contributed by atoms with Crippen molar-refractivity contribution in [2.24, 2.45) is 0 Å². The molecule has 128 valence electrons. The number of hydrogen-bond acceptors (Lipinski definition) is 3. The number of hydrogen-bond donors (Lipinski definition) is 0. The lowest BCUT2D eigenvalue weighted by Crippen LogP contribution is -2.26. The van der Waals surface area contributed by atoms with E-state index in [-0.39, 0.29) is 5.91 Å². The monoisotopic (exact) mass is 334 g/mol. The summed E-state index contributed by atoms with van der Waals surface area (Å²) >= 11 is 0. The molecule has 0 saturated heterocycles. The maximum absolute atomic E-state index is 12.5. The molecule has 3 rings (SSSR count). The molecule has 1 heterocycles. The quantitative estimate of drug-likeness (QED) is 0.696. The molecule has 0 spiro atoms. The fourth-order valence-corrected chi connectivity index (χ4v) is 2.67. The molecule has 25 heavy (non-hydrogen) atoms. The smallest absolute Gasteiger partial charge is 0.276 e. The van der Waals surface area contributed by atoms with Gasteiger partial charge in [-0.25, -0.2) is 4.68 Å². The summed E-state index contributed by atoms with van der Waals surface area (Å²) in [4.78, 5) is 14.2. The molecular weight excluding hydrogens is 312 g/mol. The Morgan fingerprint density at radius 3 is 2.36 bits per heavy atom. The van der Waals surface area contributed by atoms with E-state index in [2.05, 4.69) is 41.5 Å². The molecule has 0 bridgehead atoms. The minimum atomic E-state index is -0.126. The summed E-state index contributed by atoms with van der Waals surface area (Å²) in [6, 6.07) is 18.3. The first-order valence-electron chi connectivity index (χ1n) is 8.43. The number of rotatable bonds is 6. The van der Waals surface area contributed by atoms with Crippen molar-refractivity contribution < 1.29 is 4.79 Å².